The van der Waals surface area contributed by atoms with Crippen LogP contribution in [0.1, 0.15) is 54.4 Å². The number of nitrogens with zero attached hydrogens (tertiary/aromatic N) is 1. The average molecular weight is 403 g/mol. The molecule has 0 saturated heterocycles. The van der Waals surface area contributed by atoms with Gasteiger partial charge in [0.15, 0.2) is 0 Å². The van der Waals surface area contributed by atoms with Gasteiger partial charge in [-0.15, -0.1) is 0 Å². The molecule has 0 spiro atoms. The smallest absolute Gasteiger partial charge is 0.241 e. The van der Waals surface area contributed by atoms with E-state index in [0.29, 0.717) is 23.4 Å². The van der Waals surface area contributed by atoms with E-state index in [0.717, 1.165) is 25.9 Å². The van der Waals surface area contributed by atoms with Crippen LogP contribution in [0.3, 0.4) is 0 Å². The number of sulfonamides is 1. The second kappa shape index (κ2) is 10.1. The Bertz CT molecular complexity index is 628. The first-order valence-electron chi connectivity index (χ1n) is 9.43. The molecule has 0 bridgehead atoms. The van der Waals surface area contributed by atoms with Crippen molar-refractivity contribution in [2.75, 3.05) is 19.6 Å². The van der Waals surface area contributed by atoms with E-state index in [1.807, 2.05) is 13.8 Å². The van der Waals surface area contributed by atoms with Crippen molar-refractivity contribution < 1.29 is 8.42 Å². The summed E-state index contributed by atoms with van der Waals surface area (Å²) in [5.41, 5.74) is -0.563. The van der Waals surface area contributed by atoms with Gasteiger partial charge in [-0.1, -0.05) is 39.3 Å². The molecule has 1 rings (SSSR count). The Morgan fingerprint density at radius 2 is 1.46 bits per heavy atom. The highest BCUT2D eigenvalue weighted by Gasteiger charge is 2.28. The monoisotopic (exact) mass is 402 g/mol. The molecular formula is C20H35ClN2O2S. The summed E-state index contributed by atoms with van der Waals surface area (Å²) in [6, 6.07) is 6.27. The lowest BCUT2D eigenvalue weighted by Gasteiger charge is -2.34. The van der Waals surface area contributed by atoms with Crippen LogP contribution in [0.5, 0.6) is 0 Å². The van der Waals surface area contributed by atoms with Crippen molar-refractivity contribution >= 4 is 21.6 Å². The molecule has 0 heterocycles. The molecule has 0 aliphatic heterocycles. The second-order valence-electron chi connectivity index (χ2n) is 8.58. The van der Waals surface area contributed by atoms with E-state index in [1.54, 1.807) is 12.1 Å². The van der Waals surface area contributed by atoms with Gasteiger partial charge in [-0.3, -0.25) is 0 Å². The lowest BCUT2D eigenvalue weighted by Crippen LogP contribution is -2.51. The van der Waals surface area contributed by atoms with Gasteiger partial charge in [0.25, 0.3) is 0 Å². The van der Waals surface area contributed by atoms with Gasteiger partial charge in [0.1, 0.15) is 0 Å². The van der Waals surface area contributed by atoms with Crippen LogP contribution in [-0.2, 0) is 10.0 Å². The zero-order valence-corrected chi connectivity index (χ0v) is 18.6. The van der Waals surface area contributed by atoms with Crippen LogP contribution in [-0.4, -0.2) is 38.5 Å². The van der Waals surface area contributed by atoms with Crippen LogP contribution in [0.15, 0.2) is 29.2 Å². The number of benzene rings is 1. The molecule has 1 aromatic carbocycles. The molecule has 1 N–H and O–H groups in total. The third-order valence-electron chi connectivity index (χ3n) is 4.20. The summed E-state index contributed by atoms with van der Waals surface area (Å²) in [6.07, 6.45) is 2.22. The Morgan fingerprint density at radius 1 is 1.00 bits per heavy atom. The molecule has 0 aliphatic carbocycles. The fourth-order valence-electron chi connectivity index (χ4n) is 2.78. The predicted molar refractivity (Wildman–Crippen MR) is 111 cm³/mol. The summed E-state index contributed by atoms with van der Waals surface area (Å²) < 4.78 is 28.3. The van der Waals surface area contributed by atoms with Crippen LogP contribution >= 0.6 is 11.6 Å². The fourth-order valence-corrected chi connectivity index (χ4v) is 4.31. The molecule has 0 unspecified atom stereocenters. The molecule has 26 heavy (non-hydrogen) atoms. The molecule has 0 aromatic heterocycles. The van der Waals surface area contributed by atoms with Gasteiger partial charge >= 0.3 is 0 Å². The maximum Gasteiger partial charge on any atom is 0.241 e. The van der Waals surface area contributed by atoms with E-state index in [4.69, 9.17) is 11.6 Å². The fraction of sp³-hybridized carbons (Fsp3) is 0.700. The Labute approximate surface area is 165 Å². The van der Waals surface area contributed by atoms with Crippen molar-refractivity contribution in [2.24, 2.45) is 11.8 Å². The molecule has 6 heteroatoms. The van der Waals surface area contributed by atoms with Gasteiger partial charge in [0.2, 0.25) is 10.0 Å². The molecule has 0 aliphatic rings. The second-order valence-corrected chi connectivity index (χ2v) is 10.7. The quantitative estimate of drug-likeness (QED) is 0.578. The van der Waals surface area contributed by atoms with E-state index in [1.165, 1.54) is 12.1 Å². The predicted octanol–water partition coefficient (Wildman–Crippen LogP) is 4.79. The molecule has 0 radical (unpaired) electrons. The minimum Gasteiger partial charge on any atom is -0.301 e. The molecule has 4 nitrogen and oxygen atoms in total. The molecule has 150 valence electrons. The largest absolute Gasteiger partial charge is 0.301 e. The summed E-state index contributed by atoms with van der Waals surface area (Å²) in [4.78, 5) is 2.62. The lowest BCUT2D eigenvalue weighted by atomic mass is 10.0. The normalized spacial score (nSPS) is 13.2. The van der Waals surface area contributed by atoms with Crippen molar-refractivity contribution in [1.29, 1.82) is 0 Å². The Hall–Kier alpha value is -0.620. The third kappa shape index (κ3) is 8.85. The van der Waals surface area contributed by atoms with Crippen LogP contribution in [0.2, 0.25) is 5.02 Å². The minimum absolute atomic E-state index is 0.242. The third-order valence-corrected chi connectivity index (χ3v) is 6.16. The maximum absolute atomic E-state index is 12.7. The topological polar surface area (TPSA) is 49.4 Å². The van der Waals surface area contributed by atoms with Crippen molar-refractivity contribution in [3.63, 3.8) is 0 Å². The first kappa shape index (κ1) is 23.4. The highest BCUT2D eigenvalue weighted by Crippen LogP contribution is 2.18. The Morgan fingerprint density at radius 3 is 1.88 bits per heavy atom. The number of nitrogens with one attached hydrogen (secondary N) is 1. The minimum atomic E-state index is -3.58. The maximum atomic E-state index is 12.7. The Kier molecular flexibility index (Phi) is 9.07. The average Bonchev–Trinajstić information content (AvgIpc) is 2.49. The van der Waals surface area contributed by atoms with Crippen LogP contribution in [0.25, 0.3) is 0 Å². The molecule has 0 amide bonds. The van der Waals surface area contributed by atoms with Gasteiger partial charge < -0.3 is 4.90 Å². The number of rotatable bonds is 11. The van der Waals surface area contributed by atoms with E-state index in [9.17, 15) is 8.42 Å². The van der Waals surface area contributed by atoms with Gasteiger partial charge in [0, 0.05) is 17.1 Å². The number of halogens is 1. The summed E-state index contributed by atoms with van der Waals surface area (Å²) in [5.74, 6) is 1.26. The van der Waals surface area contributed by atoms with Crippen molar-refractivity contribution in [3.8, 4) is 0 Å². The zero-order chi connectivity index (χ0) is 20.0. The van der Waals surface area contributed by atoms with Gasteiger partial charge in [-0.25, -0.2) is 13.1 Å². The highest BCUT2D eigenvalue weighted by atomic mass is 35.5. The number of hydrogen-bond acceptors (Lipinski definition) is 3. The van der Waals surface area contributed by atoms with Gasteiger partial charge in [-0.05, 0) is 75.9 Å². The van der Waals surface area contributed by atoms with Gasteiger partial charge in [0.05, 0.1) is 4.90 Å². The lowest BCUT2D eigenvalue weighted by molar-refractivity contribution is 0.196. The summed E-state index contributed by atoms with van der Waals surface area (Å²) in [5, 5.41) is 0.525. The van der Waals surface area contributed by atoms with E-state index < -0.39 is 15.6 Å². The summed E-state index contributed by atoms with van der Waals surface area (Å²) in [6.45, 7) is 15.4. The molecule has 0 fully saturated rings. The highest BCUT2D eigenvalue weighted by molar-refractivity contribution is 7.89. The first-order valence-corrected chi connectivity index (χ1v) is 11.3. The SMILES string of the molecule is CC(C)CCN(CCC(C)C)CC(C)(C)NS(=O)(=O)c1ccc(Cl)cc1. The van der Waals surface area contributed by atoms with E-state index in [-0.39, 0.29) is 4.90 Å². The number of hydrogen-bond donors (Lipinski definition) is 1. The van der Waals surface area contributed by atoms with Crippen LogP contribution in [0.4, 0.5) is 0 Å². The van der Waals surface area contributed by atoms with Crippen molar-refractivity contribution in [1.82, 2.24) is 9.62 Å². The molecule has 0 atom stereocenters. The van der Waals surface area contributed by atoms with Crippen molar-refractivity contribution in [2.45, 2.75) is 64.8 Å². The van der Waals surface area contributed by atoms with Crippen LogP contribution in [0, 0.1) is 11.8 Å². The molecule has 1 aromatic rings. The zero-order valence-electron chi connectivity index (χ0n) is 17.0. The Balaban J connectivity index is 2.82. The molecular weight excluding hydrogens is 368 g/mol. The van der Waals surface area contributed by atoms with Gasteiger partial charge in [-0.2, -0.15) is 0 Å². The molecule has 0 saturated carbocycles. The standard InChI is InChI=1S/C20H35ClN2O2S/c1-16(2)11-13-23(14-12-17(3)4)15-20(5,6)22-26(24,25)19-9-7-18(21)8-10-19/h7-10,16-17,22H,11-15H2,1-6H3. The van der Waals surface area contributed by atoms with E-state index >= 15 is 0 Å². The first-order chi connectivity index (χ1) is 11.9. The summed E-state index contributed by atoms with van der Waals surface area (Å²) in [7, 11) is -3.58. The van der Waals surface area contributed by atoms with E-state index in [2.05, 4.69) is 37.3 Å². The van der Waals surface area contributed by atoms with Crippen LogP contribution < -0.4 is 4.72 Å². The van der Waals surface area contributed by atoms with Crippen molar-refractivity contribution in [3.05, 3.63) is 29.3 Å². The summed E-state index contributed by atoms with van der Waals surface area (Å²) >= 11 is 5.86.